The van der Waals surface area contributed by atoms with Crippen molar-refractivity contribution in [2.75, 3.05) is 6.54 Å². The summed E-state index contributed by atoms with van der Waals surface area (Å²) in [6, 6.07) is 18.5. The Balaban J connectivity index is 1.83. The van der Waals surface area contributed by atoms with E-state index in [2.05, 4.69) is 26.5 Å². The Hall–Kier alpha value is -2.23. The van der Waals surface area contributed by atoms with Gasteiger partial charge in [-0.1, -0.05) is 81.1 Å². The van der Waals surface area contributed by atoms with E-state index >= 15 is 0 Å². The molecule has 0 unspecified atom stereocenters. The number of hydrogen-bond acceptors (Lipinski definition) is 4. The summed E-state index contributed by atoms with van der Waals surface area (Å²) in [6.07, 6.45) is 1.47. The number of benzene rings is 3. The van der Waals surface area contributed by atoms with Gasteiger partial charge in [0.2, 0.25) is 10.0 Å². The third-order valence-electron chi connectivity index (χ3n) is 4.64. The van der Waals surface area contributed by atoms with Crippen molar-refractivity contribution in [2.24, 2.45) is 5.10 Å². The number of carbonyl (C=O) groups is 1. The first kappa shape index (κ1) is 25.4. The summed E-state index contributed by atoms with van der Waals surface area (Å²) < 4.78 is 28.5. The van der Waals surface area contributed by atoms with Gasteiger partial charge < -0.3 is 0 Å². The third-order valence-corrected chi connectivity index (χ3v) is 7.75. The number of rotatable bonds is 8. The number of hydrogen-bond donors (Lipinski definition) is 1. The Labute approximate surface area is 211 Å². The number of carbonyl (C=O) groups excluding carboxylic acids is 1. The molecule has 0 fully saturated rings. The minimum absolute atomic E-state index is 0.0719. The summed E-state index contributed by atoms with van der Waals surface area (Å²) in [4.78, 5) is 12.7. The van der Waals surface area contributed by atoms with Crippen LogP contribution in [-0.2, 0) is 21.4 Å². The molecule has 3 rings (SSSR count). The van der Waals surface area contributed by atoms with Crippen molar-refractivity contribution in [1.82, 2.24) is 9.73 Å². The van der Waals surface area contributed by atoms with Gasteiger partial charge in [-0.3, -0.25) is 4.79 Å². The predicted octanol–water partition coefficient (Wildman–Crippen LogP) is 5.41. The van der Waals surface area contributed by atoms with Gasteiger partial charge in [-0.25, -0.2) is 13.8 Å². The summed E-state index contributed by atoms with van der Waals surface area (Å²) >= 11 is 15.6. The van der Waals surface area contributed by atoms with E-state index in [4.69, 9.17) is 23.2 Å². The fourth-order valence-corrected chi connectivity index (χ4v) is 5.10. The Bertz CT molecular complexity index is 1280. The van der Waals surface area contributed by atoms with Crippen molar-refractivity contribution >= 4 is 61.3 Å². The van der Waals surface area contributed by atoms with Gasteiger partial charge >= 0.3 is 0 Å². The molecule has 0 saturated carbocycles. The van der Waals surface area contributed by atoms with Crippen molar-refractivity contribution in [3.05, 3.63) is 97.9 Å². The zero-order chi connectivity index (χ0) is 24.0. The molecule has 0 radical (unpaired) electrons. The van der Waals surface area contributed by atoms with E-state index in [9.17, 15) is 13.2 Å². The fraction of sp³-hybridized carbons (Fsp3) is 0.130. The average Bonchev–Trinajstić information content (AvgIpc) is 2.76. The summed E-state index contributed by atoms with van der Waals surface area (Å²) in [7, 11) is -4.00. The topological polar surface area (TPSA) is 78.8 Å². The van der Waals surface area contributed by atoms with Crippen LogP contribution in [0.2, 0.25) is 10.0 Å². The van der Waals surface area contributed by atoms with Crippen molar-refractivity contribution in [3.63, 3.8) is 0 Å². The van der Waals surface area contributed by atoms with Crippen molar-refractivity contribution < 1.29 is 13.2 Å². The second-order valence-corrected chi connectivity index (χ2v) is 10.8. The number of halogens is 3. The first-order chi connectivity index (χ1) is 15.7. The second-order valence-electron chi connectivity index (χ2n) is 7.14. The zero-order valence-electron chi connectivity index (χ0n) is 17.5. The van der Waals surface area contributed by atoms with Crippen molar-refractivity contribution in [3.8, 4) is 0 Å². The molecule has 172 valence electrons. The lowest BCUT2D eigenvalue weighted by Gasteiger charge is -2.22. The monoisotopic (exact) mass is 567 g/mol. The number of aryl methyl sites for hydroxylation is 1. The molecule has 10 heteroatoms. The van der Waals surface area contributed by atoms with Gasteiger partial charge in [0, 0.05) is 26.6 Å². The molecule has 0 bridgehead atoms. The van der Waals surface area contributed by atoms with E-state index in [1.807, 2.05) is 31.2 Å². The van der Waals surface area contributed by atoms with Crippen LogP contribution in [0.3, 0.4) is 0 Å². The van der Waals surface area contributed by atoms with E-state index in [-0.39, 0.29) is 11.4 Å². The second kappa shape index (κ2) is 11.3. The molecule has 3 aromatic rings. The predicted molar refractivity (Wildman–Crippen MR) is 135 cm³/mol. The van der Waals surface area contributed by atoms with Gasteiger partial charge in [-0.2, -0.15) is 9.41 Å². The number of sulfonamides is 1. The van der Waals surface area contributed by atoms with E-state index < -0.39 is 22.5 Å². The summed E-state index contributed by atoms with van der Waals surface area (Å²) in [5.41, 5.74) is 4.57. The van der Waals surface area contributed by atoms with E-state index in [0.717, 1.165) is 19.9 Å². The summed E-state index contributed by atoms with van der Waals surface area (Å²) in [6.45, 7) is 1.29. The Morgan fingerprint density at radius 3 is 2.45 bits per heavy atom. The normalized spacial score (nSPS) is 11.8. The summed E-state index contributed by atoms with van der Waals surface area (Å²) in [5.74, 6) is -0.598. The van der Waals surface area contributed by atoms with Crippen LogP contribution in [0.1, 0.15) is 16.7 Å². The molecule has 0 aliphatic heterocycles. The lowest BCUT2D eigenvalue weighted by Crippen LogP contribution is -2.39. The smallest absolute Gasteiger partial charge is 0.255 e. The number of amides is 1. The molecule has 0 saturated heterocycles. The van der Waals surface area contributed by atoms with Crippen LogP contribution in [0, 0.1) is 6.92 Å². The van der Waals surface area contributed by atoms with Gasteiger partial charge in [0.15, 0.2) is 0 Å². The number of nitrogens with one attached hydrogen (secondary N) is 1. The fourth-order valence-electron chi connectivity index (χ4n) is 2.87. The van der Waals surface area contributed by atoms with Crippen LogP contribution >= 0.6 is 39.1 Å². The third kappa shape index (κ3) is 6.88. The highest BCUT2D eigenvalue weighted by atomic mass is 79.9. The number of hydrazone groups is 1. The van der Waals surface area contributed by atoms with E-state index in [1.54, 1.807) is 24.3 Å². The van der Waals surface area contributed by atoms with Crippen LogP contribution in [0.4, 0.5) is 0 Å². The maximum absolute atomic E-state index is 13.3. The molecule has 33 heavy (non-hydrogen) atoms. The SMILES string of the molecule is Cc1ccc(S(=O)(=O)N(CC(=O)N/N=C\c2ccccc2Br)Cc2ccc(Cl)cc2Cl)cc1. The molecule has 3 aromatic carbocycles. The quantitative estimate of drug-likeness (QED) is 0.292. The first-order valence-corrected chi connectivity index (χ1v) is 12.7. The van der Waals surface area contributed by atoms with Gasteiger partial charge in [0.05, 0.1) is 17.7 Å². The largest absolute Gasteiger partial charge is 0.272 e. The van der Waals surface area contributed by atoms with Crippen LogP contribution in [0.15, 0.2) is 81.2 Å². The molecule has 0 spiro atoms. The standard InChI is InChI=1S/C23H20BrCl2N3O3S/c1-16-6-10-20(11-7-16)33(31,32)29(14-18-8-9-19(25)12-22(18)26)15-23(30)28-27-13-17-4-2-3-5-21(17)24/h2-13H,14-15H2,1H3,(H,28,30)/b27-13-. The van der Waals surface area contributed by atoms with Gasteiger partial charge in [0.1, 0.15) is 0 Å². The maximum atomic E-state index is 13.3. The van der Waals surface area contributed by atoms with E-state index in [0.29, 0.717) is 15.6 Å². The molecule has 0 aliphatic rings. The minimum atomic E-state index is -4.00. The average molecular weight is 569 g/mol. The molecule has 1 amide bonds. The molecule has 0 atom stereocenters. The van der Waals surface area contributed by atoms with E-state index in [1.165, 1.54) is 24.4 Å². The van der Waals surface area contributed by atoms with Crippen molar-refractivity contribution in [2.45, 2.75) is 18.4 Å². The Morgan fingerprint density at radius 1 is 1.09 bits per heavy atom. The Morgan fingerprint density at radius 2 is 1.79 bits per heavy atom. The molecule has 1 N–H and O–H groups in total. The molecule has 0 heterocycles. The molecule has 0 aliphatic carbocycles. The highest BCUT2D eigenvalue weighted by molar-refractivity contribution is 9.10. The molecular weight excluding hydrogens is 549 g/mol. The van der Waals surface area contributed by atoms with Crippen LogP contribution in [0.25, 0.3) is 0 Å². The van der Waals surface area contributed by atoms with Gasteiger partial charge in [-0.15, -0.1) is 0 Å². The Kier molecular flexibility index (Phi) is 8.67. The molecular formula is C23H20BrCl2N3O3S. The van der Waals surface area contributed by atoms with Gasteiger partial charge in [0.25, 0.3) is 5.91 Å². The summed E-state index contributed by atoms with van der Waals surface area (Å²) in [5, 5.41) is 4.67. The van der Waals surface area contributed by atoms with Crippen molar-refractivity contribution in [1.29, 1.82) is 0 Å². The van der Waals surface area contributed by atoms with Gasteiger partial charge in [-0.05, 0) is 42.8 Å². The highest BCUT2D eigenvalue weighted by Crippen LogP contribution is 2.25. The highest BCUT2D eigenvalue weighted by Gasteiger charge is 2.27. The zero-order valence-corrected chi connectivity index (χ0v) is 21.4. The van der Waals surface area contributed by atoms with Crippen LogP contribution in [0.5, 0.6) is 0 Å². The van der Waals surface area contributed by atoms with Crippen LogP contribution < -0.4 is 5.43 Å². The van der Waals surface area contributed by atoms with Crippen LogP contribution in [-0.4, -0.2) is 31.4 Å². The lowest BCUT2D eigenvalue weighted by molar-refractivity contribution is -0.121. The number of nitrogens with zero attached hydrogens (tertiary/aromatic N) is 2. The lowest BCUT2D eigenvalue weighted by atomic mass is 10.2. The minimum Gasteiger partial charge on any atom is -0.272 e. The first-order valence-electron chi connectivity index (χ1n) is 9.74. The molecule has 6 nitrogen and oxygen atoms in total. The molecule has 0 aromatic heterocycles. The maximum Gasteiger partial charge on any atom is 0.255 e.